The first kappa shape index (κ1) is 53.0. The molecule has 3 aliphatic carbocycles. The predicted octanol–water partition coefficient (Wildman–Crippen LogP) is 9.82. The maximum absolute atomic E-state index is 14.6. The number of rotatable bonds is 13. The van der Waals surface area contributed by atoms with Gasteiger partial charge in [-0.25, -0.2) is 9.67 Å². The summed E-state index contributed by atoms with van der Waals surface area (Å²) in [5.41, 5.74) is 9.41. The number of piperidine rings is 1. The second-order valence-corrected chi connectivity index (χ2v) is 26.4. The van der Waals surface area contributed by atoms with Gasteiger partial charge in [-0.05, 0) is 158 Å². The number of aliphatic hydroxyl groups is 1. The summed E-state index contributed by atoms with van der Waals surface area (Å²) in [6.45, 7) is 11.3. The van der Waals surface area contributed by atoms with E-state index in [2.05, 4.69) is 75.6 Å². The molecular weight excluding hydrogens is 1060 g/mol. The highest BCUT2D eigenvalue weighted by molar-refractivity contribution is 9.10. The zero-order valence-electron chi connectivity index (χ0n) is 45.4. The van der Waals surface area contributed by atoms with E-state index in [1.807, 2.05) is 75.8 Å². The fourth-order valence-electron chi connectivity index (χ4n) is 14.0. The molecule has 12 rings (SSSR count). The van der Waals surface area contributed by atoms with Gasteiger partial charge in [0.25, 0.3) is 5.56 Å². The number of carbonyl (C=O) groups excluding carboxylic acids is 3. The Kier molecular flexibility index (Phi) is 14.6. The SMILES string of the molecule is Cc1ncsc1-c1ccc([C@H](CNC(=O)C2CCC(CN3CCC(c4ccc5c(c4)-n4c(nc(=O)c6c(Br)cccc64)C54CCCCC4)CC3)CC2)NC(=O)[C@@H]2C[C@@H](O)CN2C(=O)[C@@H](n2cc(C3CC3)nn2)C(C)(C)C)cc1. The predicted molar refractivity (Wildman–Crippen MR) is 306 cm³/mol. The smallest absolute Gasteiger partial charge is 0.281 e. The lowest BCUT2D eigenvalue weighted by atomic mass is 9.69. The normalized spacial score (nSPS) is 23.3. The van der Waals surface area contributed by atoms with E-state index < -0.39 is 29.6 Å². The molecule has 1 spiro atoms. The molecule has 3 N–H and O–H groups in total. The van der Waals surface area contributed by atoms with Crippen molar-refractivity contribution in [1.82, 2.24) is 50.0 Å². The molecule has 6 aliphatic rings. The number of fused-ring (bicyclic) bond motifs is 7. The Morgan fingerprint density at radius 1 is 0.910 bits per heavy atom. The molecule has 15 nitrogen and oxygen atoms in total. The quantitative estimate of drug-likeness (QED) is 0.101. The van der Waals surface area contributed by atoms with Crippen LogP contribution in [0.15, 0.2) is 81.6 Å². The van der Waals surface area contributed by atoms with Gasteiger partial charge in [0.2, 0.25) is 17.7 Å². The average Bonchev–Trinajstić information content (AvgIpc) is 3.86. The van der Waals surface area contributed by atoms with Gasteiger partial charge in [-0.3, -0.25) is 23.7 Å². The Hall–Kier alpha value is -5.62. The third-order valence-electron chi connectivity index (χ3n) is 18.4. The van der Waals surface area contributed by atoms with Gasteiger partial charge in [0.1, 0.15) is 17.9 Å². The highest BCUT2D eigenvalue weighted by Gasteiger charge is 2.48. The molecule has 410 valence electrons. The number of aryl methyl sites for hydroxylation is 1. The summed E-state index contributed by atoms with van der Waals surface area (Å²) >= 11 is 5.24. The van der Waals surface area contributed by atoms with Crippen molar-refractivity contribution >= 4 is 55.9 Å². The molecule has 0 unspecified atom stereocenters. The summed E-state index contributed by atoms with van der Waals surface area (Å²) in [6, 6.07) is 19.0. The Labute approximate surface area is 469 Å². The molecule has 5 fully saturated rings. The van der Waals surface area contributed by atoms with Crippen LogP contribution in [0.3, 0.4) is 0 Å². The van der Waals surface area contributed by atoms with Gasteiger partial charge < -0.3 is 25.5 Å². The molecule has 3 saturated carbocycles. The van der Waals surface area contributed by atoms with Crippen molar-refractivity contribution < 1.29 is 19.5 Å². The summed E-state index contributed by atoms with van der Waals surface area (Å²) in [5, 5.41) is 26.9. The minimum absolute atomic E-state index is 0.000601. The van der Waals surface area contributed by atoms with E-state index in [-0.39, 0.29) is 54.1 Å². The van der Waals surface area contributed by atoms with E-state index in [0.29, 0.717) is 23.1 Å². The average molecular weight is 1140 g/mol. The highest BCUT2D eigenvalue weighted by Crippen LogP contribution is 2.52. The van der Waals surface area contributed by atoms with Crippen LogP contribution in [0, 0.1) is 24.2 Å². The number of hydrogen-bond acceptors (Lipinski definition) is 11. The number of nitrogens with one attached hydrogen (secondary N) is 2. The number of amides is 3. The van der Waals surface area contributed by atoms with Crippen molar-refractivity contribution in [2.75, 3.05) is 32.7 Å². The Morgan fingerprint density at radius 3 is 2.37 bits per heavy atom. The molecule has 6 aromatic rings. The van der Waals surface area contributed by atoms with Gasteiger partial charge in [0, 0.05) is 48.6 Å². The van der Waals surface area contributed by atoms with Crippen LogP contribution < -0.4 is 16.2 Å². The minimum atomic E-state index is -0.913. The topological polar surface area (TPSA) is 180 Å². The summed E-state index contributed by atoms with van der Waals surface area (Å²) in [7, 11) is 0. The van der Waals surface area contributed by atoms with Gasteiger partial charge in [0.05, 0.1) is 55.9 Å². The van der Waals surface area contributed by atoms with Gasteiger partial charge >= 0.3 is 0 Å². The zero-order chi connectivity index (χ0) is 54.0. The van der Waals surface area contributed by atoms with Crippen molar-refractivity contribution in [2.45, 2.75) is 159 Å². The number of β-amino-alcohol motifs (C(OH)–C–C–N with tert-alkyl or cyclic N) is 1. The molecule has 78 heavy (non-hydrogen) atoms. The van der Waals surface area contributed by atoms with Crippen molar-refractivity contribution in [3.63, 3.8) is 0 Å². The van der Waals surface area contributed by atoms with E-state index in [9.17, 15) is 24.3 Å². The van der Waals surface area contributed by atoms with Crippen molar-refractivity contribution in [2.24, 2.45) is 17.3 Å². The van der Waals surface area contributed by atoms with Crippen LogP contribution in [-0.4, -0.2) is 107 Å². The van der Waals surface area contributed by atoms with E-state index >= 15 is 0 Å². The molecule has 17 heteroatoms. The molecule has 3 aromatic carbocycles. The largest absolute Gasteiger partial charge is 0.391 e. The lowest BCUT2D eigenvalue weighted by molar-refractivity contribution is -0.144. The number of carbonyl (C=O) groups is 3. The Balaban J connectivity index is 0.679. The van der Waals surface area contributed by atoms with Crippen LogP contribution >= 0.6 is 27.3 Å². The van der Waals surface area contributed by atoms with E-state index in [0.717, 1.165) is 140 Å². The van der Waals surface area contributed by atoms with E-state index in [1.165, 1.54) is 28.1 Å². The van der Waals surface area contributed by atoms with Gasteiger partial charge in [-0.2, -0.15) is 4.98 Å². The number of thiazole rings is 1. The summed E-state index contributed by atoms with van der Waals surface area (Å²) in [4.78, 5) is 71.3. The summed E-state index contributed by atoms with van der Waals surface area (Å²) < 4.78 is 4.74. The fraction of sp³-hybridized carbons (Fsp3) is 0.541. The molecule has 3 aliphatic heterocycles. The molecular formula is C61H73BrN10O5S. The molecule has 2 saturated heterocycles. The molecule has 0 radical (unpaired) electrons. The number of benzene rings is 3. The monoisotopic (exact) mass is 1140 g/mol. The molecule has 3 aromatic heterocycles. The first-order valence-electron chi connectivity index (χ1n) is 28.7. The highest BCUT2D eigenvalue weighted by atomic mass is 79.9. The third-order valence-corrected chi connectivity index (χ3v) is 20.0. The lowest BCUT2D eigenvalue weighted by Crippen LogP contribution is -2.51. The summed E-state index contributed by atoms with van der Waals surface area (Å²) in [5.74, 6) is 1.50. The van der Waals surface area contributed by atoms with E-state index in [1.54, 1.807) is 16.0 Å². The van der Waals surface area contributed by atoms with Crippen molar-refractivity contribution in [1.29, 1.82) is 0 Å². The third kappa shape index (κ3) is 10.2. The van der Waals surface area contributed by atoms with Crippen LogP contribution in [0.4, 0.5) is 0 Å². The van der Waals surface area contributed by atoms with Gasteiger partial charge in [-0.1, -0.05) is 87.7 Å². The Bertz CT molecular complexity index is 3280. The van der Waals surface area contributed by atoms with Gasteiger partial charge in [0.15, 0.2) is 0 Å². The zero-order valence-corrected chi connectivity index (χ0v) is 47.8. The van der Waals surface area contributed by atoms with E-state index in [4.69, 9.17) is 4.98 Å². The van der Waals surface area contributed by atoms with Gasteiger partial charge in [-0.15, -0.1) is 16.4 Å². The second kappa shape index (κ2) is 21.5. The molecule has 6 heterocycles. The van der Waals surface area contributed by atoms with Crippen LogP contribution in [0.2, 0.25) is 0 Å². The number of nitrogens with zero attached hydrogens (tertiary/aromatic N) is 8. The lowest BCUT2D eigenvalue weighted by Gasteiger charge is -2.37. The van der Waals surface area contributed by atoms with Crippen LogP contribution in [0.25, 0.3) is 27.0 Å². The van der Waals surface area contributed by atoms with Crippen molar-refractivity contribution in [3.05, 3.63) is 121 Å². The van der Waals surface area contributed by atoms with Crippen LogP contribution in [-0.2, 0) is 19.8 Å². The number of aromatic nitrogens is 6. The maximum atomic E-state index is 14.6. The number of likely N-dealkylation sites (tertiary alicyclic amines) is 2. The van der Waals surface area contributed by atoms with Crippen LogP contribution in [0.1, 0.15) is 168 Å². The van der Waals surface area contributed by atoms with Crippen LogP contribution in [0.5, 0.6) is 0 Å². The first-order chi connectivity index (χ1) is 37.6. The Morgan fingerprint density at radius 2 is 1.67 bits per heavy atom. The second-order valence-electron chi connectivity index (χ2n) is 24.7. The minimum Gasteiger partial charge on any atom is -0.391 e. The summed E-state index contributed by atoms with van der Waals surface area (Å²) in [6.07, 6.45) is 14.5. The standard InChI is InChI=1S/C61H73BrN10O5S/c1-36-53(78-35-64-36)41-19-17-39(18-20-41)47(65-56(75)51-30-44(73)33-70(51)58(77)54(60(2,3)4)71-34-48(67-68-71)40-15-16-40)31-63-55(74)42-13-11-37(12-14-42)32-69-27-23-38(24-28-69)43-21-22-45-50(29-43)72-49-10-8-9-46(62)52(49)57(76)66-59(72)61(45)25-6-5-7-26-61/h8-10,17-22,29,34-35,37-38,40,42,44,47,51,54,73H,5-7,11-16,23-28,30-33H2,1-4H3,(H,63,74)(H,65,75)/t37?,42?,44-,47+,51+,54-/m1/s1. The van der Waals surface area contributed by atoms with Crippen molar-refractivity contribution in [3.8, 4) is 16.1 Å². The molecule has 0 bridgehead atoms. The number of halogens is 1. The number of hydrogen-bond donors (Lipinski definition) is 3. The molecule has 4 atom stereocenters. The molecule has 3 amide bonds. The number of aliphatic hydroxyl groups excluding tert-OH is 1. The maximum Gasteiger partial charge on any atom is 0.281 e. The fourth-order valence-corrected chi connectivity index (χ4v) is 15.4. The first-order valence-corrected chi connectivity index (χ1v) is 30.4.